The van der Waals surface area contributed by atoms with Crippen LogP contribution in [0, 0.1) is 24.0 Å². The van der Waals surface area contributed by atoms with E-state index >= 15 is 0 Å². The molecule has 168 valence electrons. The molecule has 2 heterocycles. The maximum absolute atomic E-state index is 13.4. The summed E-state index contributed by atoms with van der Waals surface area (Å²) in [4.78, 5) is 32.8. The average molecular weight is 455 g/mol. The van der Waals surface area contributed by atoms with Crippen molar-refractivity contribution in [3.8, 4) is 0 Å². The highest BCUT2D eigenvalue weighted by molar-refractivity contribution is 7.22. The standard InChI is InChI=1S/C23H26N4O4S/c1-16-4-5-17(2)21-20(16)24-23(32-21)26(11-3-10-25-12-14-31-15-13-25)22(28)18-6-8-19(9-7-18)27(29)30/h4-9H,3,10-15H2,1-2H3. The smallest absolute Gasteiger partial charge is 0.269 e. The molecular weight excluding hydrogens is 428 g/mol. The van der Waals surface area contributed by atoms with Gasteiger partial charge in [-0.3, -0.25) is 24.7 Å². The van der Waals surface area contributed by atoms with Gasteiger partial charge in [0.25, 0.3) is 11.6 Å². The van der Waals surface area contributed by atoms with Gasteiger partial charge in [0, 0.05) is 43.9 Å². The minimum atomic E-state index is -0.465. The van der Waals surface area contributed by atoms with Gasteiger partial charge >= 0.3 is 0 Å². The first-order valence-corrected chi connectivity index (χ1v) is 11.5. The van der Waals surface area contributed by atoms with E-state index in [9.17, 15) is 14.9 Å². The van der Waals surface area contributed by atoms with Crippen LogP contribution in [-0.4, -0.2) is 60.1 Å². The van der Waals surface area contributed by atoms with Crippen molar-refractivity contribution in [1.29, 1.82) is 0 Å². The van der Waals surface area contributed by atoms with Crippen LogP contribution in [0.4, 0.5) is 10.8 Å². The molecule has 8 nitrogen and oxygen atoms in total. The van der Waals surface area contributed by atoms with Gasteiger partial charge in [-0.2, -0.15) is 0 Å². The predicted octanol–water partition coefficient (Wildman–Crippen LogP) is 4.19. The molecule has 0 aliphatic carbocycles. The highest BCUT2D eigenvalue weighted by Gasteiger charge is 2.23. The quantitative estimate of drug-likeness (QED) is 0.393. The third-order valence-electron chi connectivity index (χ3n) is 5.69. The summed E-state index contributed by atoms with van der Waals surface area (Å²) in [6, 6.07) is 9.87. The molecule has 0 spiro atoms. The number of nitro groups is 1. The normalized spacial score (nSPS) is 14.6. The lowest BCUT2D eigenvalue weighted by Crippen LogP contribution is -2.39. The van der Waals surface area contributed by atoms with Crippen molar-refractivity contribution in [2.45, 2.75) is 20.3 Å². The second kappa shape index (κ2) is 9.72. The molecule has 0 N–H and O–H groups in total. The number of nitrogens with zero attached hydrogens (tertiary/aromatic N) is 4. The highest BCUT2D eigenvalue weighted by Crippen LogP contribution is 2.34. The van der Waals surface area contributed by atoms with Crippen LogP contribution in [0.5, 0.6) is 0 Å². The predicted molar refractivity (Wildman–Crippen MR) is 126 cm³/mol. The van der Waals surface area contributed by atoms with Crippen molar-refractivity contribution >= 4 is 38.3 Å². The Balaban J connectivity index is 1.61. The lowest BCUT2D eigenvalue weighted by atomic mass is 10.1. The number of aromatic nitrogens is 1. The molecule has 1 aliphatic rings. The zero-order valence-corrected chi connectivity index (χ0v) is 19.1. The fourth-order valence-corrected chi connectivity index (χ4v) is 4.94. The lowest BCUT2D eigenvalue weighted by molar-refractivity contribution is -0.384. The Bertz CT molecular complexity index is 1080. The number of anilines is 1. The zero-order chi connectivity index (χ0) is 22.7. The van der Waals surface area contributed by atoms with E-state index in [0.29, 0.717) is 17.2 Å². The largest absolute Gasteiger partial charge is 0.379 e. The van der Waals surface area contributed by atoms with Crippen LogP contribution in [0.3, 0.4) is 0 Å². The molecule has 0 unspecified atom stereocenters. The van der Waals surface area contributed by atoms with E-state index in [0.717, 1.165) is 60.6 Å². The fraction of sp³-hybridized carbons (Fsp3) is 0.391. The zero-order valence-electron chi connectivity index (χ0n) is 18.2. The number of amides is 1. The van der Waals surface area contributed by atoms with E-state index in [1.807, 2.05) is 19.9 Å². The van der Waals surface area contributed by atoms with Crippen molar-refractivity contribution in [2.24, 2.45) is 0 Å². The summed E-state index contributed by atoms with van der Waals surface area (Å²) in [7, 11) is 0. The number of carbonyl (C=O) groups excluding carboxylic acids is 1. The van der Waals surface area contributed by atoms with Crippen LogP contribution in [0.1, 0.15) is 27.9 Å². The molecule has 0 atom stereocenters. The SMILES string of the molecule is Cc1ccc(C)c2sc(N(CCCN3CCOCC3)C(=O)c3ccc([N+](=O)[O-])cc3)nc12. The van der Waals surface area contributed by atoms with Crippen LogP contribution in [0.15, 0.2) is 36.4 Å². The topological polar surface area (TPSA) is 88.8 Å². The Hall–Kier alpha value is -2.88. The number of hydrogen-bond acceptors (Lipinski definition) is 7. The van der Waals surface area contributed by atoms with Gasteiger partial charge in [-0.1, -0.05) is 23.5 Å². The molecule has 0 bridgehead atoms. The molecule has 1 aliphatic heterocycles. The Morgan fingerprint density at radius 3 is 2.50 bits per heavy atom. The second-order valence-electron chi connectivity index (χ2n) is 7.94. The van der Waals surface area contributed by atoms with Crippen molar-refractivity contribution in [3.63, 3.8) is 0 Å². The van der Waals surface area contributed by atoms with Gasteiger partial charge in [-0.15, -0.1) is 0 Å². The number of carbonyl (C=O) groups is 1. The molecule has 0 radical (unpaired) electrons. The Labute approximate surface area is 190 Å². The summed E-state index contributed by atoms with van der Waals surface area (Å²) in [5.74, 6) is -0.198. The average Bonchev–Trinajstić information content (AvgIpc) is 3.26. The monoisotopic (exact) mass is 454 g/mol. The molecule has 2 aromatic carbocycles. The maximum atomic E-state index is 13.4. The third kappa shape index (κ3) is 4.79. The molecule has 9 heteroatoms. The van der Waals surface area contributed by atoms with E-state index in [1.54, 1.807) is 4.90 Å². The van der Waals surface area contributed by atoms with Gasteiger partial charge in [0.05, 0.1) is 28.4 Å². The molecule has 0 saturated carbocycles. The minimum absolute atomic E-state index is 0.0355. The van der Waals surface area contributed by atoms with Crippen LogP contribution in [0.2, 0.25) is 0 Å². The number of non-ortho nitro benzene ring substituents is 1. The molecule has 1 fully saturated rings. The summed E-state index contributed by atoms with van der Waals surface area (Å²) >= 11 is 1.52. The summed E-state index contributed by atoms with van der Waals surface area (Å²) < 4.78 is 6.49. The first-order valence-electron chi connectivity index (χ1n) is 10.7. The van der Waals surface area contributed by atoms with E-state index < -0.39 is 4.92 Å². The number of rotatable bonds is 7. The Morgan fingerprint density at radius 1 is 1.16 bits per heavy atom. The van der Waals surface area contributed by atoms with Crippen LogP contribution < -0.4 is 4.90 Å². The number of morpholine rings is 1. The molecule has 32 heavy (non-hydrogen) atoms. The van der Waals surface area contributed by atoms with E-state index in [1.165, 1.54) is 35.6 Å². The van der Waals surface area contributed by atoms with Gasteiger partial charge in [0.2, 0.25) is 0 Å². The number of thiazole rings is 1. The maximum Gasteiger partial charge on any atom is 0.269 e. The second-order valence-corrected chi connectivity index (χ2v) is 8.92. The van der Waals surface area contributed by atoms with Gasteiger partial charge in [-0.05, 0) is 43.5 Å². The highest BCUT2D eigenvalue weighted by atomic mass is 32.1. The number of aryl methyl sites for hydroxylation is 2. The van der Waals surface area contributed by atoms with Crippen molar-refractivity contribution in [2.75, 3.05) is 44.3 Å². The fourth-order valence-electron chi connectivity index (χ4n) is 3.81. The number of nitro benzene ring substituents is 1. The van der Waals surface area contributed by atoms with Gasteiger partial charge in [-0.25, -0.2) is 4.98 Å². The number of ether oxygens (including phenoxy) is 1. The van der Waals surface area contributed by atoms with Crippen molar-refractivity contribution < 1.29 is 14.5 Å². The van der Waals surface area contributed by atoms with Crippen LogP contribution >= 0.6 is 11.3 Å². The Morgan fingerprint density at radius 2 is 1.84 bits per heavy atom. The molecule has 1 saturated heterocycles. The first-order chi connectivity index (χ1) is 15.4. The minimum Gasteiger partial charge on any atom is -0.379 e. The van der Waals surface area contributed by atoms with Crippen LogP contribution in [-0.2, 0) is 4.74 Å². The molecule has 4 rings (SSSR count). The first kappa shape index (κ1) is 22.3. The third-order valence-corrected chi connectivity index (χ3v) is 6.91. The van der Waals surface area contributed by atoms with Crippen molar-refractivity contribution in [1.82, 2.24) is 9.88 Å². The Kier molecular flexibility index (Phi) is 6.78. The van der Waals surface area contributed by atoms with Gasteiger partial charge in [0.15, 0.2) is 5.13 Å². The van der Waals surface area contributed by atoms with Gasteiger partial charge < -0.3 is 4.74 Å². The van der Waals surface area contributed by atoms with E-state index in [4.69, 9.17) is 9.72 Å². The summed E-state index contributed by atoms with van der Waals surface area (Å²) in [5.41, 5.74) is 3.50. The van der Waals surface area contributed by atoms with E-state index in [-0.39, 0.29) is 11.6 Å². The summed E-state index contributed by atoms with van der Waals surface area (Å²) in [6.45, 7) is 8.73. The molecule has 1 aromatic heterocycles. The molecule has 1 amide bonds. The number of benzene rings is 2. The number of hydrogen-bond donors (Lipinski definition) is 0. The summed E-state index contributed by atoms with van der Waals surface area (Å²) in [5, 5.41) is 11.6. The molecule has 3 aromatic rings. The van der Waals surface area contributed by atoms with E-state index in [2.05, 4.69) is 11.0 Å². The summed E-state index contributed by atoms with van der Waals surface area (Å²) in [6.07, 6.45) is 0.798. The van der Waals surface area contributed by atoms with Crippen molar-refractivity contribution in [3.05, 3.63) is 63.2 Å². The molecular formula is C23H26N4O4S. The lowest BCUT2D eigenvalue weighted by Gasteiger charge is -2.27. The van der Waals surface area contributed by atoms with Gasteiger partial charge in [0.1, 0.15) is 0 Å². The number of fused-ring (bicyclic) bond motifs is 1. The van der Waals surface area contributed by atoms with Crippen LogP contribution in [0.25, 0.3) is 10.2 Å².